The largest absolute Gasteiger partial charge is 0.480 e. The summed E-state index contributed by atoms with van der Waals surface area (Å²) in [7, 11) is 0. The van der Waals surface area contributed by atoms with Crippen LogP contribution in [0.5, 0.6) is 0 Å². The Bertz CT molecular complexity index is 699. The lowest BCUT2D eigenvalue weighted by Crippen LogP contribution is -2.48. The number of aliphatic carboxylic acids is 1. The average molecular weight is 330 g/mol. The van der Waals surface area contributed by atoms with Crippen molar-refractivity contribution in [2.75, 3.05) is 6.54 Å². The lowest BCUT2D eigenvalue weighted by Gasteiger charge is -2.32. The Kier molecular flexibility index (Phi) is 4.71. The van der Waals surface area contributed by atoms with Gasteiger partial charge in [0, 0.05) is 17.5 Å². The van der Waals surface area contributed by atoms with Gasteiger partial charge in [-0.25, -0.2) is 9.78 Å². The third-order valence-corrected chi connectivity index (χ3v) is 4.95. The lowest BCUT2D eigenvalue weighted by atomic mass is 10.0. The molecule has 5 nitrogen and oxygen atoms in total. The fraction of sp³-hybridized carbons (Fsp3) is 0.353. The van der Waals surface area contributed by atoms with Gasteiger partial charge in [-0.2, -0.15) is 0 Å². The minimum atomic E-state index is -0.915. The number of carboxylic acid groups (broad SMARTS) is 1. The van der Waals surface area contributed by atoms with Crippen molar-refractivity contribution in [3.05, 3.63) is 41.4 Å². The highest BCUT2D eigenvalue weighted by Gasteiger charge is 2.31. The number of amides is 1. The molecule has 0 aliphatic carbocycles. The highest BCUT2D eigenvalue weighted by Crippen LogP contribution is 2.24. The molecule has 1 aliphatic rings. The first-order chi connectivity index (χ1) is 11.1. The third-order valence-electron chi connectivity index (χ3n) is 4.01. The molecule has 1 aromatic carbocycles. The highest BCUT2D eigenvalue weighted by molar-refractivity contribution is 7.13. The molecule has 1 unspecified atom stereocenters. The molecule has 6 heteroatoms. The van der Waals surface area contributed by atoms with Crippen LogP contribution in [0.2, 0.25) is 0 Å². The summed E-state index contributed by atoms with van der Waals surface area (Å²) < 4.78 is 0. The van der Waals surface area contributed by atoms with E-state index in [1.165, 1.54) is 16.2 Å². The first kappa shape index (κ1) is 15.7. The summed E-state index contributed by atoms with van der Waals surface area (Å²) in [4.78, 5) is 29.8. The van der Waals surface area contributed by atoms with Crippen LogP contribution in [0.4, 0.5) is 0 Å². The normalized spacial score (nSPS) is 17.9. The average Bonchev–Trinajstić information content (AvgIpc) is 3.04. The Balaban J connectivity index is 1.70. The molecule has 0 saturated carbocycles. The van der Waals surface area contributed by atoms with Crippen LogP contribution < -0.4 is 0 Å². The number of carbonyl (C=O) groups excluding carboxylic acids is 1. The monoisotopic (exact) mass is 330 g/mol. The number of piperidine rings is 1. The summed E-state index contributed by atoms with van der Waals surface area (Å²) in [5.41, 5.74) is 1.73. The third kappa shape index (κ3) is 3.59. The van der Waals surface area contributed by atoms with Crippen LogP contribution in [0.3, 0.4) is 0 Å². The van der Waals surface area contributed by atoms with Gasteiger partial charge in [-0.15, -0.1) is 11.3 Å². The van der Waals surface area contributed by atoms with Crippen molar-refractivity contribution >= 4 is 23.2 Å². The summed E-state index contributed by atoms with van der Waals surface area (Å²) in [6.07, 6.45) is 2.41. The predicted molar refractivity (Wildman–Crippen MR) is 88.2 cm³/mol. The maximum atomic E-state index is 12.5. The number of aromatic nitrogens is 1. The molecule has 1 N–H and O–H groups in total. The minimum Gasteiger partial charge on any atom is -0.480 e. The summed E-state index contributed by atoms with van der Waals surface area (Å²) in [6, 6.07) is 9.12. The Labute approximate surface area is 138 Å². The van der Waals surface area contributed by atoms with E-state index in [1.807, 2.05) is 35.7 Å². The molecular formula is C17H18N2O3S. The number of rotatable bonds is 4. The molecular weight excluding hydrogens is 312 g/mol. The standard InChI is InChI=1S/C17H18N2O3S/c20-15(19-9-5-4-8-14(19)17(21)22)10-13-11-23-16(18-13)12-6-2-1-3-7-12/h1-3,6-7,11,14H,4-5,8-10H2,(H,21,22). The number of likely N-dealkylation sites (tertiary alicyclic amines) is 1. The molecule has 1 saturated heterocycles. The second kappa shape index (κ2) is 6.91. The topological polar surface area (TPSA) is 70.5 Å². The van der Waals surface area contributed by atoms with Crippen molar-refractivity contribution in [3.63, 3.8) is 0 Å². The number of carbonyl (C=O) groups is 2. The van der Waals surface area contributed by atoms with Crippen molar-refractivity contribution in [1.82, 2.24) is 9.88 Å². The molecule has 1 amide bonds. The Hall–Kier alpha value is -2.21. The molecule has 1 aromatic heterocycles. The van der Waals surface area contributed by atoms with Crippen LogP contribution in [-0.4, -0.2) is 39.5 Å². The molecule has 3 rings (SSSR count). The number of hydrogen-bond acceptors (Lipinski definition) is 4. The minimum absolute atomic E-state index is 0.151. The number of thiazole rings is 1. The number of benzene rings is 1. The maximum absolute atomic E-state index is 12.5. The quantitative estimate of drug-likeness (QED) is 0.936. The number of carboxylic acids is 1. The van der Waals surface area contributed by atoms with E-state index in [4.69, 9.17) is 0 Å². The second-order valence-corrected chi connectivity index (χ2v) is 6.48. The van der Waals surface area contributed by atoms with E-state index < -0.39 is 12.0 Å². The van der Waals surface area contributed by atoms with Crippen molar-refractivity contribution in [2.24, 2.45) is 0 Å². The summed E-state index contributed by atoms with van der Waals surface area (Å²) in [5.74, 6) is -1.07. The molecule has 2 aromatic rings. The first-order valence-electron chi connectivity index (χ1n) is 7.67. The zero-order valence-electron chi connectivity index (χ0n) is 12.6. The molecule has 120 valence electrons. The molecule has 1 atom stereocenters. The SMILES string of the molecule is O=C(O)C1CCCCN1C(=O)Cc1csc(-c2ccccc2)n1. The van der Waals surface area contributed by atoms with E-state index in [-0.39, 0.29) is 12.3 Å². The van der Waals surface area contributed by atoms with Crippen molar-refractivity contribution < 1.29 is 14.7 Å². The van der Waals surface area contributed by atoms with Crippen LogP contribution in [0.15, 0.2) is 35.7 Å². The molecule has 1 aliphatic heterocycles. The Morgan fingerprint density at radius 2 is 2.04 bits per heavy atom. The van der Waals surface area contributed by atoms with Crippen molar-refractivity contribution in [1.29, 1.82) is 0 Å². The van der Waals surface area contributed by atoms with Gasteiger partial charge in [-0.05, 0) is 19.3 Å². The van der Waals surface area contributed by atoms with E-state index in [0.29, 0.717) is 18.7 Å². The molecule has 0 spiro atoms. The van der Waals surface area contributed by atoms with Gasteiger partial charge in [0.05, 0.1) is 12.1 Å². The molecule has 1 fully saturated rings. The highest BCUT2D eigenvalue weighted by atomic mass is 32.1. The molecule has 0 bridgehead atoms. The van der Waals surface area contributed by atoms with E-state index >= 15 is 0 Å². The van der Waals surface area contributed by atoms with E-state index in [0.717, 1.165) is 23.4 Å². The molecule has 0 radical (unpaired) electrons. The first-order valence-corrected chi connectivity index (χ1v) is 8.55. The van der Waals surface area contributed by atoms with Crippen LogP contribution >= 0.6 is 11.3 Å². The van der Waals surface area contributed by atoms with E-state index in [2.05, 4.69) is 4.98 Å². The van der Waals surface area contributed by atoms with Crippen LogP contribution in [-0.2, 0) is 16.0 Å². The van der Waals surface area contributed by atoms with Gasteiger partial charge in [0.1, 0.15) is 11.0 Å². The van der Waals surface area contributed by atoms with Crippen molar-refractivity contribution in [3.8, 4) is 10.6 Å². The smallest absolute Gasteiger partial charge is 0.326 e. The van der Waals surface area contributed by atoms with Crippen molar-refractivity contribution in [2.45, 2.75) is 31.7 Å². The Morgan fingerprint density at radius 3 is 2.78 bits per heavy atom. The zero-order chi connectivity index (χ0) is 16.2. The van der Waals surface area contributed by atoms with Gasteiger partial charge in [-0.3, -0.25) is 4.79 Å². The van der Waals surface area contributed by atoms with Gasteiger partial charge in [0.15, 0.2) is 0 Å². The van der Waals surface area contributed by atoms with E-state index in [9.17, 15) is 14.7 Å². The van der Waals surface area contributed by atoms with E-state index in [1.54, 1.807) is 0 Å². The number of nitrogens with zero attached hydrogens (tertiary/aromatic N) is 2. The van der Waals surface area contributed by atoms with Gasteiger partial charge in [-0.1, -0.05) is 30.3 Å². The lowest BCUT2D eigenvalue weighted by molar-refractivity contribution is -0.151. The van der Waals surface area contributed by atoms with Crippen LogP contribution in [0, 0.1) is 0 Å². The Morgan fingerprint density at radius 1 is 1.26 bits per heavy atom. The summed E-state index contributed by atoms with van der Waals surface area (Å²) >= 11 is 1.50. The van der Waals surface area contributed by atoms with Crippen LogP contribution in [0.25, 0.3) is 10.6 Å². The second-order valence-electron chi connectivity index (χ2n) is 5.62. The number of hydrogen-bond donors (Lipinski definition) is 1. The fourth-order valence-electron chi connectivity index (χ4n) is 2.84. The summed E-state index contributed by atoms with van der Waals surface area (Å²) in [5, 5.41) is 12.0. The molecule has 2 heterocycles. The zero-order valence-corrected chi connectivity index (χ0v) is 13.5. The van der Waals surface area contributed by atoms with Crippen LogP contribution in [0.1, 0.15) is 25.0 Å². The van der Waals surface area contributed by atoms with Gasteiger partial charge < -0.3 is 10.0 Å². The fourth-order valence-corrected chi connectivity index (χ4v) is 3.67. The van der Waals surface area contributed by atoms with Gasteiger partial charge >= 0.3 is 5.97 Å². The maximum Gasteiger partial charge on any atom is 0.326 e. The van der Waals surface area contributed by atoms with Gasteiger partial charge in [0.25, 0.3) is 0 Å². The molecule has 23 heavy (non-hydrogen) atoms. The predicted octanol–water partition coefficient (Wildman–Crippen LogP) is 2.82. The van der Waals surface area contributed by atoms with Gasteiger partial charge in [0.2, 0.25) is 5.91 Å². The summed E-state index contributed by atoms with van der Waals surface area (Å²) in [6.45, 7) is 0.519.